The Hall–Kier alpha value is -2.22. The second-order valence-corrected chi connectivity index (χ2v) is 6.65. The molecule has 1 amide bonds. The van der Waals surface area contributed by atoms with Crippen LogP contribution < -0.4 is 5.32 Å². The summed E-state index contributed by atoms with van der Waals surface area (Å²) in [4.78, 5) is 12.3. The Kier molecular flexibility index (Phi) is 4.66. The highest BCUT2D eigenvalue weighted by molar-refractivity contribution is 6.36. The lowest BCUT2D eigenvalue weighted by atomic mass is 10.2. The van der Waals surface area contributed by atoms with Crippen molar-refractivity contribution in [3.63, 3.8) is 0 Å². The van der Waals surface area contributed by atoms with Crippen LogP contribution in [0, 0.1) is 17.2 Å². The van der Waals surface area contributed by atoms with Gasteiger partial charge in [0.05, 0.1) is 10.7 Å². The first-order valence-corrected chi connectivity index (χ1v) is 8.21. The predicted molar refractivity (Wildman–Crippen MR) is 93.9 cm³/mol. The third kappa shape index (κ3) is 3.64. The van der Waals surface area contributed by atoms with Crippen LogP contribution in [0.5, 0.6) is 0 Å². The molecule has 0 aliphatic heterocycles. The fourth-order valence-electron chi connectivity index (χ4n) is 2.44. The van der Waals surface area contributed by atoms with Gasteiger partial charge in [0, 0.05) is 17.0 Å². The van der Waals surface area contributed by atoms with E-state index in [4.69, 9.17) is 27.6 Å². The molecule has 0 saturated heterocycles. The Labute approximate surface area is 149 Å². The van der Waals surface area contributed by atoms with E-state index < -0.39 is 5.91 Å². The van der Waals surface area contributed by atoms with Crippen LogP contribution in [0.2, 0.25) is 10.0 Å². The molecule has 1 heterocycles. The van der Waals surface area contributed by atoms with Crippen molar-refractivity contribution < 1.29 is 9.21 Å². The quantitative estimate of drug-likeness (QED) is 0.597. The van der Waals surface area contributed by atoms with Gasteiger partial charge < -0.3 is 9.73 Å². The van der Waals surface area contributed by atoms with Crippen LogP contribution >= 0.6 is 23.2 Å². The van der Waals surface area contributed by atoms with E-state index >= 15 is 0 Å². The highest BCUT2D eigenvalue weighted by Gasteiger charge is 2.36. The van der Waals surface area contributed by atoms with Crippen molar-refractivity contribution in [2.75, 3.05) is 5.32 Å². The van der Waals surface area contributed by atoms with Crippen LogP contribution in [0.3, 0.4) is 0 Å². The first-order chi connectivity index (χ1) is 11.5. The number of nitrogens with zero attached hydrogens (tertiary/aromatic N) is 1. The second-order valence-electron chi connectivity index (χ2n) is 5.81. The molecule has 0 radical (unpaired) electrons. The zero-order valence-corrected chi connectivity index (χ0v) is 14.4. The van der Waals surface area contributed by atoms with Gasteiger partial charge >= 0.3 is 0 Å². The number of carbonyl (C=O) groups excluding carboxylic acids is 1. The molecule has 24 heavy (non-hydrogen) atoms. The highest BCUT2D eigenvalue weighted by Crippen LogP contribution is 2.47. The van der Waals surface area contributed by atoms with Gasteiger partial charge in [-0.3, -0.25) is 4.79 Å². The van der Waals surface area contributed by atoms with Crippen molar-refractivity contribution in [2.24, 2.45) is 5.92 Å². The first-order valence-electron chi connectivity index (χ1n) is 7.46. The van der Waals surface area contributed by atoms with Gasteiger partial charge in [-0.25, -0.2) is 0 Å². The number of hydrogen-bond donors (Lipinski definition) is 1. The van der Waals surface area contributed by atoms with E-state index in [1.165, 1.54) is 12.1 Å². The molecule has 2 aromatic rings. The zero-order valence-electron chi connectivity index (χ0n) is 12.8. The van der Waals surface area contributed by atoms with E-state index in [0.717, 1.165) is 12.2 Å². The largest absolute Gasteiger partial charge is 0.461 e. The summed E-state index contributed by atoms with van der Waals surface area (Å²) in [5.41, 5.74) is 0.276. The van der Waals surface area contributed by atoms with Gasteiger partial charge in [-0.15, -0.1) is 0 Å². The minimum atomic E-state index is -0.570. The summed E-state index contributed by atoms with van der Waals surface area (Å²) in [7, 11) is 0. The highest BCUT2D eigenvalue weighted by atomic mass is 35.5. The molecule has 1 fully saturated rings. The maximum atomic E-state index is 12.3. The molecule has 1 saturated carbocycles. The maximum absolute atomic E-state index is 12.3. The summed E-state index contributed by atoms with van der Waals surface area (Å²) in [6.07, 6.45) is 2.53. The zero-order chi connectivity index (χ0) is 17.3. The van der Waals surface area contributed by atoms with Crippen molar-refractivity contribution in [3.05, 3.63) is 57.5 Å². The summed E-state index contributed by atoms with van der Waals surface area (Å²) in [5.74, 6) is 1.87. The predicted octanol–water partition coefficient (Wildman–Crippen LogP) is 5.26. The van der Waals surface area contributed by atoms with Crippen LogP contribution in [0.15, 0.2) is 40.3 Å². The Morgan fingerprint density at radius 2 is 2.12 bits per heavy atom. The van der Waals surface area contributed by atoms with Crippen LogP contribution in [-0.4, -0.2) is 5.91 Å². The molecule has 0 bridgehead atoms. The number of furan rings is 1. The van der Waals surface area contributed by atoms with Crippen molar-refractivity contribution in [2.45, 2.75) is 19.3 Å². The van der Waals surface area contributed by atoms with Crippen molar-refractivity contribution in [1.29, 1.82) is 5.26 Å². The molecule has 2 atom stereocenters. The van der Waals surface area contributed by atoms with Crippen LogP contribution in [0.25, 0.3) is 6.08 Å². The smallest absolute Gasteiger partial charge is 0.266 e. The Balaban J connectivity index is 1.77. The SMILES string of the molecule is C[C@H]1C[C@@H]1c1ccc(/C=C(\C#N)C(=O)Nc2cc(Cl)ccc2Cl)o1. The molecule has 1 aliphatic carbocycles. The molecule has 0 spiro atoms. The summed E-state index contributed by atoms with van der Waals surface area (Å²) in [6.45, 7) is 2.16. The van der Waals surface area contributed by atoms with Gasteiger partial charge in [0.2, 0.25) is 0 Å². The average molecular weight is 361 g/mol. The monoisotopic (exact) mass is 360 g/mol. The van der Waals surface area contributed by atoms with E-state index in [0.29, 0.717) is 33.3 Å². The van der Waals surface area contributed by atoms with Gasteiger partial charge in [-0.05, 0) is 42.7 Å². The average Bonchev–Trinajstić information content (AvgIpc) is 3.09. The molecule has 4 nitrogen and oxygen atoms in total. The van der Waals surface area contributed by atoms with Crippen LogP contribution in [0.1, 0.15) is 30.8 Å². The molecule has 0 unspecified atom stereocenters. The minimum absolute atomic E-state index is 0.0733. The molecular weight excluding hydrogens is 347 g/mol. The van der Waals surface area contributed by atoms with Crippen molar-refractivity contribution in [3.8, 4) is 6.07 Å². The minimum Gasteiger partial charge on any atom is -0.461 e. The Morgan fingerprint density at radius 3 is 2.79 bits per heavy atom. The van der Waals surface area contributed by atoms with Gasteiger partial charge in [0.25, 0.3) is 5.91 Å². The number of benzene rings is 1. The molecular formula is C18H14Cl2N2O2. The number of anilines is 1. The molecule has 1 aliphatic rings. The normalized spacial score (nSPS) is 19.7. The topological polar surface area (TPSA) is 66.0 Å². The summed E-state index contributed by atoms with van der Waals surface area (Å²) in [5, 5.41) is 12.6. The maximum Gasteiger partial charge on any atom is 0.266 e. The molecule has 1 aromatic heterocycles. The number of rotatable bonds is 4. The Bertz CT molecular complexity index is 864. The standard InChI is InChI=1S/C18H14Cl2N2O2/c1-10-6-14(10)17-5-3-13(24-17)7-11(9-21)18(23)22-16-8-12(19)2-4-15(16)20/h2-5,7-8,10,14H,6H2,1H3,(H,22,23)/b11-7+/t10-,14-/m0/s1. The van der Waals surface area contributed by atoms with E-state index in [-0.39, 0.29) is 5.57 Å². The second kappa shape index (κ2) is 6.72. The summed E-state index contributed by atoms with van der Waals surface area (Å²) < 4.78 is 5.70. The van der Waals surface area contributed by atoms with E-state index in [2.05, 4.69) is 12.2 Å². The van der Waals surface area contributed by atoms with E-state index in [1.807, 2.05) is 12.1 Å². The molecule has 3 rings (SSSR count). The van der Waals surface area contributed by atoms with E-state index in [1.54, 1.807) is 18.2 Å². The van der Waals surface area contributed by atoms with Gasteiger partial charge in [0.1, 0.15) is 23.2 Å². The number of amides is 1. The number of hydrogen-bond acceptors (Lipinski definition) is 3. The van der Waals surface area contributed by atoms with Crippen molar-refractivity contribution in [1.82, 2.24) is 0 Å². The summed E-state index contributed by atoms with van der Waals surface area (Å²) >= 11 is 11.9. The molecule has 6 heteroatoms. The lowest BCUT2D eigenvalue weighted by molar-refractivity contribution is -0.112. The fraction of sp³-hybridized carbons (Fsp3) is 0.222. The number of carbonyl (C=O) groups is 1. The van der Waals surface area contributed by atoms with Gasteiger partial charge in [0.15, 0.2) is 0 Å². The fourth-order valence-corrected chi connectivity index (χ4v) is 2.77. The lowest BCUT2D eigenvalue weighted by Gasteiger charge is -2.06. The molecule has 1 N–H and O–H groups in total. The lowest BCUT2D eigenvalue weighted by Crippen LogP contribution is -2.13. The molecule has 1 aromatic carbocycles. The number of nitrogens with one attached hydrogen (secondary N) is 1. The third-order valence-electron chi connectivity index (χ3n) is 3.95. The Morgan fingerprint density at radius 1 is 1.38 bits per heavy atom. The number of nitriles is 1. The van der Waals surface area contributed by atoms with Crippen LogP contribution in [-0.2, 0) is 4.79 Å². The summed E-state index contributed by atoms with van der Waals surface area (Å²) in [6, 6.07) is 10.2. The number of halogens is 2. The first kappa shape index (κ1) is 16.6. The van der Waals surface area contributed by atoms with Crippen molar-refractivity contribution >= 4 is 40.9 Å². The van der Waals surface area contributed by atoms with E-state index in [9.17, 15) is 10.1 Å². The third-order valence-corrected chi connectivity index (χ3v) is 4.52. The van der Waals surface area contributed by atoms with Crippen LogP contribution in [0.4, 0.5) is 5.69 Å². The van der Waals surface area contributed by atoms with Gasteiger partial charge in [-0.1, -0.05) is 30.1 Å². The van der Waals surface area contributed by atoms with Gasteiger partial charge in [-0.2, -0.15) is 5.26 Å². The molecule has 122 valence electrons.